The molecule has 23 heavy (non-hydrogen) atoms. The zero-order valence-corrected chi connectivity index (χ0v) is 14.8. The van der Waals surface area contributed by atoms with Gasteiger partial charge in [-0.3, -0.25) is 9.59 Å². The molecule has 1 fully saturated rings. The van der Waals surface area contributed by atoms with Crippen molar-refractivity contribution in [1.29, 1.82) is 0 Å². The second-order valence-electron chi connectivity index (χ2n) is 5.90. The molecule has 2 aliphatic heterocycles. The van der Waals surface area contributed by atoms with E-state index in [1.165, 1.54) is 6.07 Å². The van der Waals surface area contributed by atoms with Crippen LogP contribution in [0.15, 0.2) is 28.9 Å². The molecule has 0 aromatic heterocycles. The minimum Gasteiger partial charge on any atom is -0.365 e. The first-order valence-corrected chi connectivity index (χ1v) is 8.52. The van der Waals surface area contributed by atoms with Gasteiger partial charge in [0.25, 0.3) is 11.8 Å². The number of nitrogens with zero attached hydrogens (tertiary/aromatic N) is 2. The van der Waals surface area contributed by atoms with E-state index in [2.05, 4.69) is 6.92 Å². The summed E-state index contributed by atoms with van der Waals surface area (Å²) >= 11 is 18.1. The van der Waals surface area contributed by atoms with E-state index in [0.29, 0.717) is 16.6 Å². The molecule has 1 saturated heterocycles. The van der Waals surface area contributed by atoms with Crippen LogP contribution in [0, 0.1) is 5.92 Å². The molecule has 3 rings (SSSR count). The summed E-state index contributed by atoms with van der Waals surface area (Å²) in [4.78, 5) is 28.2. The Morgan fingerprint density at radius 3 is 2.48 bits per heavy atom. The van der Waals surface area contributed by atoms with E-state index in [1.54, 1.807) is 12.1 Å². The highest BCUT2D eigenvalue weighted by atomic mass is 35.5. The number of hydrogen-bond acceptors (Lipinski definition) is 3. The van der Waals surface area contributed by atoms with Crippen LogP contribution in [-0.4, -0.2) is 29.8 Å². The number of carbonyl (C=O) groups excluding carboxylic acids is 2. The number of hydrogen-bond donors (Lipinski definition) is 0. The Balaban J connectivity index is 1.93. The maximum absolute atomic E-state index is 12.8. The number of likely N-dealkylation sites (tertiary alicyclic amines) is 1. The number of carbonyl (C=O) groups is 2. The minimum atomic E-state index is -0.525. The standard InChI is InChI=1S/C16H15Cl3N2O2/c1-9-3-2-6-20(8-9)14-13(19)15(22)21(16(14)23)10-4-5-11(17)12(18)7-10/h4-5,7,9H,2-3,6,8H2,1H3. The molecule has 0 bridgehead atoms. The Bertz CT molecular complexity index is 717. The number of anilines is 1. The van der Waals surface area contributed by atoms with E-state index in [-0.39, 0.29) is 15.8 Å². The zero-order valence-electron chi connectivity index (χ0n) is 12.5. The monoisotopic (exact) mass is 372 g/mol. The predicted octanol–water partition coefficient (Wildman–Crippen LogP) is 4.05. The fourth-order valence-corrected chi connectivity index (χ4v) is 3.59. The van der Waals surface area contributed by atoms with Crippen LogP contribution in [0.5, 0.6) is 0 Å². The quantitative estimate of drug-likeness (QED) is 0.734. The van der Waals surface area contributed by atoms with Crippen LogP contribution in [0.2, 0.25) is 10.0 Å². The maximum Gasteiger partial charge on any atom is 0.283 e. The first kappa shape index (κ1) is 16.6. The summed E-state index contributed by atoms with van der Waals surface area (Å²) in [5.41, 5.74) is 0.655. The van der Waals surface area contributed by atoms with Crippen molar-refractivity contribution in [3.63, 3.8) is 0 Å². The first-order valence-electron chi connectivity index (χ1n) is 7.38. The SMILES string of the molecule is CC1CCCN(C2=C(Cl)C(=O)N(c3ccc(Cl)c(Cl)c3)C2=O)C1. The van der Waals surface area contributed by atoms with Gasteiger partial charge in [-0.2, -0.15) is 0 Å². The van der Waals surface area contributed by atoms with E-state index in [0.717, 1.165) is 30.8 Å². The first-order chi connectivity index (χ1) is 10.9. The van der Waals surface area contributed by atoms with Crippen LogP contribution in [0.1, 0.15) is 19.8 Å². The van der Waals surface area contributed by atoms with Crippen molar-refractivity contribution >= 4 is 52.3 Å². The summed E-state index contributed by atoms with van der Waals surface area (Å²) in [6.45, 7) is 3.57. The van der Waals surface area contributed by atoms with Crippen LogP contribution in [-0.2, 0) is 9.59 Å². The average Bonchev–Trinajstić information content (AvgIpc) is 2.72. The van der Waals surface area contributed by atoms with Crippen molar-refractivity contribution in [2.45, 2.75) is 19.8 Å². The van der Waals surface area contributed by atoms with Crippen LogP contribution >= 0.6 is 34.8 Å². The van der Waals surface area contributed by atoms with Crippen LogP contribution in [0.3, 0.4) is 0 Å². The molecule has 7 heteroatoms. The predicted molar refractivity (Wildman–Crippen MR) is 91.8 cm³/mol. The summed E-state index contributed by atoms with van der Waals surface area (Å²) in [7, 11) is 0. The van der Waals surface area contributed by atoms with E-state index in [9.17, 15) is 9.59 Å². The lowest BCUT2D eigenvalue weighted by Crippen LogP contribution is -2.39. The lowest BCUT2D eigenvalue weighted by Gasteiger charge is -2.33. The second-order valence-corrected chi connectivity index (χ2v) is 7.09. The summed E-state index contributed by atoms with van der Waals surface area (Å²) < 4.78 is 0. The molecule has 0 spiro atoms. The molecular formula is C16H15Cl3N2O2. The number of benzene rings is 1. The van der Waals surface area contributed by atoms with E-state index in [1.807, 2.05) is 4.90 Å². The fraction of sp³-hybridized carbons (Fsp3) is 0.375. The van der Waals surface area contributed by atoms with Crippen molar-refractivity contribution < 1.29 is 9.59 Å². The number of amides is 2. The van der Waals surface area contributed by atoms with Gasteiger partial charge in [0.05, 0.1) is 15.7 Å². The van der Waals surface area contributed by atoms with Crippen molar-refractivity contribution in [3.05, 3.63) is 39.0 Å². The van der Waals surface area contributed by atoms with Gasteiger partial charge >= 0.3 is 0 Å². The Morgan fingerprint density at radius 1 is 1.09 bits per heavy atom. The highest BCUT2D eigenvalue weighted by Crippen LogP contribution is 2.35. The Hall–Kier alpha value is -1.23. The third-order valence-electron chi connectivity index (χ3n) is 4.14. The van der Waals surface area contributed by atoms with Gasteiger partial charge in [-0.25, -0.2) is 4.90 Å². The number of halogens is 3. The molecule has 2 heterocycles. The minimum absolute atomic E-state index is 0.0322. The molecule has 2 aliphatic rings. The topological polar surface area (TPSA) is 40.6 Å². The summed E-state index contributed by atoms with van der Waals surface area (Å²) in [5.74, 6) is -0.474. The zero-order chi connectivity index (χ0) is 16.7. The molecule has 1 aromatic rings. The molecule has 0 saturated carbocycles. The van der Waals surface area contributed by atoms with Crippen molar-refractivity contribution in [1.82, 2.24) is 4.90 Å². The van der Waals surface area contributed by atoms with Gasteiger partial charge in [0.2, 0.25) is 0 Å². The third-order valence-corrected chi connectivity index (χ3v) is 5.22. The van der Waals surface area contributed by atoms with E-state index < -0.39 is 11.8 Å². The largest absolute Gasteiger partial charge is 0.365 e. The summed E-state index contributed by atoms with van der Waals surface area (Å²) in [6, 6.07) is 4.62. The molecule has 1 unspecified atom stereocenters. The molecular weight excluding hydrogens is 359 g/mol. The highest BCUT2D eigenvalue weighted by Gasteiger charge is 2.42. The third kappa shape index (κ3) is 2.95. The van der Waals surface area contributed by atoms with Gasteiger partial charge in [-0.15, -0.1) is 0 Å². The Kier molecular flexibility index (Phi) is 4.59. The van der Waals surface area contributed by atoms with Crippen LogP contribution in [0.4, 0.5) is 5.69 Å². The van der Waals surface area contributed by atoms with E-state index in [4.69, 9.17) is 34.8 Å². The Labute approximate surface area is 149 Å². The normalized spacial score (nSPS) is 22.3. The summed E-state index contributed by atoms with van der Waals surface area (Å²) in [6.07, 6.45) is 2.09. The van der Waals surface area contributed by atoms with Crippen molar-refractivity contribution in [2.75, 3.05) is 18.0 Å². The van der Waals surface area contributed by atoms with Gasteiger partial charge in [0, 0.05) is 13.1 Å². The molecule has 0 N–H and O–H groups in total. The molecule has 1 atom stereocenters. The fourth-order valence-electron chi connectivity index (χ4n) is 3.02. The Morgan fingerprint density at radius 2 is 1.83 bits per heavy atom. The lowest BCUT2D eigenvalue weighted by atomic mass is 10.00. The molecule has 122 valence electrons. The number of imide groups is 1. The molecule has 1 aromatic carbocycles. The van der Waals surface area contributed by atoms with E-state index >= 15 is 0 Å². The average molecular weight is 374 g/mol. The number of piperidine rings is 1. The van der Waals surface area contributed by atoms with Crippen LogP contribution < -0.4 is 4.90 Å². The highest BCUT2D eigenvalue weighted by molar-refractivity contribution is 6.52. The van der Waals surface area contributed by atoms with Gasteiger partial charge in [-0.05, 0) is 37.0 Å². The molecule has 0 aliphatic carbocycles. The van der Waals surface area contributed by atoms with Crippen molar-refractivity contribution in [2.24, 2.45) is 5.92 Å². The maximum atomic E-state index is 12.8. The van der Waals surface area contributed by atoms with Gasteiger partial charge in [0.15, 0.2) is 0 Å². The number of rotatable bonds is 2. The van der Waals surface area contributed by atoms with Crippen LogP contribution in [0.25, 0.3) is 0 Å². The molecule has 2 amide bonds. The lowest BCUT2D eigenvalue weighted by molar-refractivity contribution is -0.121. The summed E-state index contributed by atoms with van der Waals surface area (Å²) in [5, 5.41) is 0.606. The van der Waals surface area contributed by atoms with Gasteiger partial charge < -0.3 is 4.90 Å². The van der Waals surface area contributed by atoms with Gasteiger partial charge in [0.1, 0.15) is 10.7 Å². The smallest absolute Gasteiger partial charge is 0.283 e. The second kappa shape index (κ2) is 6.34. The van der Waals surface area contributed by atoms with Crippen molar-refractivity contribution in [3.8, 4) is 0 Å². The van der Waals surface area contributed by atoms with Gasteiger partial charge in [-0.1, -0.05) is 41.7 Å². The molecule has 4 nitrogen and oxygen atoms in total. The molecule has 0 radical (unpaired) electrons.